The lowest BCUT2D eigenvalue weighted by molar-refractivity contribution is -0.147. The third-order valence-corrected chi connectivity index (χ3v) is 3.48. The first-order chi connectivity index (χ1) is 9.56. The van der Waals surface area contributed by atoms with E-state index in [1.807, 2.05) is 0 Å². The molecule has 0 aliphatic carbocycles. The SMILES string of the molecule is CN1C(=O)CCC(NC(=O)c2cc3n(n2)CCO3)C1=O. The molecule has 3 amide bonds. The number of carbonyl (C=O) groups is 3. The van der Waals surface area contributed by atoms with Crippen LogP contribution >= 0.6 is 0 Å². The summed E-state index contributed by atoms with van der Waals surface area (Å²) in [4.78, 5) is 36.3. The van der Waals surface area contributed by atoms with Gasteiger partial charge in [-0.3, -0.25) is 19.3 Å². The van der Waals surface area contributed by atoms with E-state index >= 15 is 0 Å². The van der Waals surface area contributed by atoms with Gasteiger partial charge in [-0.15, -0.1) is 0 Å². The number of fused-ring (bicyclic) bond motifs is 1. The number of rotatable bonds is 2. The number of nitrogens with zero attached hydrogens (tertiary/aromatic N) is 3. The Balaban J connectivity index is 1.69. The quantitative estimate of drug-likeness (QED) is 0.711. The molecule has 2 aliphatic rings. The van der Waals surface area contributed by atoms with Gasteiger partial charge in [0.05, 0.1) is 6.54 Å². The van der Waals surface area contributed by atoms with E-state index in [-0.39, 0.29) is 18.0 Å². The van der Waals surface area contributed by atoms with Gasteiger partial charge in [-0.05, 0) is 6.42 Å². The molecular formula is C12H14N4O4. The number of carbonyl (C=O) groups excluding carboxylic acids is 3. The largest absolute Gasteiger partial charge is 0.476 e. The van der Waals surface area contributed by atoms with E-state index in [0.29, 0.717) is 25.5 Å². The summed E-state index contributed by atoms with van der Waals surface area (Å²) in [5.41, 5.74) is 0.215. The van der Waals surface area contributed by atoms with Crippen LogP contribution in [0.4, 0.5) is 0 Å². The van der Waals surface area contributed by atoms with Crippen LogP contribution in [0.5, 0.6) is 5.88 Å². The highest BCUT2D eigenvalue weighted by atomic mass is 16.5. The van der Waals surface area contributed by atoms with Gasteiger partial charge in [0.15, 0.2) is 5.69 Å². The monoisotopic (exact) mass is 278 g/mol. The summed E-state index contributed by atoms with van der Waals surface area (Å²) in [6.07, 6.45) is 0.563. The summed E-state index contributed by atoms with van der Waals surface area (Å²) in [7, 11) is 1.42. The molecule has 2 aliphatic heterocycles. The highest BCUT2D eigenvalue weighted by molar-refractivity contribution is 6.03. The van der Waals surface area contributed by atoms with Gasteiger partial charge in [0.1, 0.15) is 12.6 Å². The number of imide groups is 1. The average Bonchev–Trinajstić information content (AvgIpc) is 3.00. The van der Waals surface area contributed by atoms with Crippen molar-refractivity contribution < 1.29 is 19.1 Å². The molecular weight excluding hydrogens is 264 g/mol. The number of ether oxygens (including phenoxy) is 1. The number of nitrogens with one attached hydrogen (secondary N) is 1. The molecule has 8 heteroatoms. The van der Waals surface area contributed by atoms with Crippen molar-refractivity contribution in [3.05, 3.63) is 11.8 Å². The van der Waals surface area contributed by atoms with E-state index < -0.39 is 17.9 Å². The van der Waals surface area contributed by atoms with Crippen molar-refractivity contribution >= 4 is 17.7 Å². The summed E-state index contributed by atoms with van der Waals surface area (Å²) < 4.78 is 6.88. The molecule has 1 aromatic heterocycles. The van der Waals surface area contributed by atoms with Crippen LogP contribution in [-0.2, 0) is 16.1 Å². The Morgan fingerprint density at radius 3 is 3.05 bits per heavy atom. The molecule has 0 spiro atoms. The van der Waals surface area contributed by atoms with E-state index in [0.717, 1.165) is 4.90 Å². The Morgan fingerprint density at radius 1 is 1.50 bits per heavy atom. The topological polar surface area (TPSA) is 93.5 Å². The lowest BCUT2D eigenvalue weighted by atomic mass is 10.0. The maximum atomic E-state index is 12.1. The van der Waals surface area contributed by atoms with Crippen molar-refractivity contribution in [2.75, 3.05) is 13.7 Å². The molecule has 8 nitrogen and oxygen atoms in total. The van der Waals surface area contributed by atoms with Crippen LogP contribution in [0.25, 0.3) is 0 Å². The second-order valence-electron chi connectivity index (χ2n) is 4.80. The molecule has 1 fully saturated rings. The Bertz CT molecular complexity index is 573. The minimum atomic E-state index is -0.678. The summed E-state index contributed by atoms with van der Waals surface area (Å²) in [6.45, 7) is 1.17. The normalized spacial score (nSPS) is 21.6. The first-order valence-corrected chi connectivity index (χ1v) is 6.38. The molecule has 0 saturated carbocycles. The second kappa shape index (κ2) is 4.62. The van der Waals surface area contributed by atoms with Crippen molar-refractivity contribution in [2.45, 2.75) is 25.4 Å². The smallest absolute Gasteiger partial charge is 0.272 e. The van der Waals surface area contributed by atoms with Gasteiger partial charge in [-0.2, -0.15) is 5.10 Å². The fourth-order valence-electron chi connectivity index (χ4n) is 2.31. The summed E-state index contributed by atoms with van der Waals surface area (Å²) >= 11 is 0. The van der Waals surface area contributed by atoms with E-state index in [4.69, 9.17) is 4.74 Å². The van der Waals surface area contributed by atoms with Crippen molar-refractivity contribution in [1.29, 1.82) is 0 Å². The molecule has 1 saturated heterocycles. The zero-order valence-electron chi connectivity index (χ0n) is 11.0. The molecule has 20 heavy (non-hydrogen) atoms. The first-order valence-electron chi connectivity index (χ1n) is 6.38. The average molecular weight is 278 g/mol. The zero-order valence-corrected chi connectivity index (χ0v) is 11.0. The van der Waals surface area contributed by atoms with Crippen LogP contribution in [0.2, 0.25) is 0 Å². The van der Waals surface area contributed by atoms with E-state index in [9.17, 15) is 14.4 Å². The van der Waals surface area contributed by atoms with Gasteiger partial charge >= 0.3 is 0 Å². The van der Waals surface area contributed by atoms with Gasteiger partial charge < -0.3 is 10.1 Å². The fraction of sp³-hybridized carbons (Fsp3) is 0.500. The molecule has 1 atom stereocenters. The van der Waals surface area contributed by atoms with Crippen molar-refractivity contribution in [2.24, 2.45) is 0 Å². The maximum absolute atomic E-state index is 12.1. The predicted octanol–water partition coefficient (Wildman–Crippen LogP) is -0.847. The van der Waals surface area contributed by atoms with E-state index in [2.05, 4.69) is 10.4 Å². The molecule has 0 bridgehead atoms. The summed E-state index contributed by atoms with van der Waals surface area (Å²) in [5, 5.41) is 6.71. The molecule has 1 unspecified atom stereocenters. The molecule has 3 heterocycles. The minimum Gasteiger partial charge on any atom is -0.476 e. The number of amides is 3. The molecule has 1 aromatic rings. The van der Waals surface area contributed by atoms with Gasteiger partial charge in [0, 0.05) is 19.5 Å². The van der Waals surface area contributed by atoms with Crippen LogP contribution < -0.4 is 10.1 Å². The number of hydrogen-bond donors (Lipinski definition) is 1. The molecule has 0 aromatic carbocycles. The Morgan fingerprint density at radius 2 is 2.30 bits per heavy atom. The van der Waals surface area contributed by atoms with Gasteiger partial charge in [0.2, 0.25) is 11.8 Å². The van der Waals surface area contributed by atoms with Crippen LogP contribution in [-0.4, -0.2) is 52.1 Å². The molecule has 1 N–H and O–H groups in total. The van der Waals surface area contributed by atoms with E-state index in [1.54, 1.807) is 10.7 Å². The Hall–Kier alpha value is -2.38. The molecule has 0 radical (unpaired) electrons. The number of hydrogen-bond acceptors (Lipinski definition) is 5. The third-order valence-electron chi connectivity index (χ3n) is 3.48. The molecule has 3 rings (SSSR count). The first kappa shape index (κ1) is 12.6. The van der Waals surface area contributed by atoms with Gasteiger partial charge in [-0.1, -0.05) is 0 Å². The van der Waals surface area contributed by atoms with Crippen LogP contribution in [0.1, 0.15) is 23.3 Å². The van der Waals surface area contributed by atoms with E-state index in [1.165, 1.54) is 7.05 Å². The number of likely N-dealkylation sites (tertiary alicyclic amines) is 1. The van der Waals surface area contributed by atoms with Crippen LogP contribution in [0.3, 0.4) is 0 Å². The van der Waals surface area contributed by atoms with Crippen molar-refractivity contribution in [3.63, 3.8) is 0 Å². The van der Waals surface area contributed by atoms with Crippen molar-refractivity contribution in [3.8, 4) is 5.88 Å². The standard InChI is InChI=1S/C12H14N4O4/c1-15-9(17)3-2-7(12(15)19)13-11(18)8-6-10-16(14-8)4-5-20-10/h6-7H,2-5H2,1H3,(H,13,18). The predicted molar refractivity (Wildman–Crippen MR) is 66.0 cm³/mol. The zero-order chi connectivity index (χ0) is 14.3. The van der Waals surface area contributed by atoms with Crippen LogP contribution in [0, 0.1) is 0 Å². The lowest BCUT2D eigenvalue weighted by Crippen LogP contribution is -2.53. The lowest BCUT2D eigenvalue weighted by Gasteiger charge is -2.27. The van der Waals surface area contributed by atoms with Gasteiger partial charge in [0.25, 0.3) is 11.8 Å². The summed E-state index contributed by atoms with van der Waals surface area (Å²) in [5.74, 6) is -0.499. The van der Waals surface area contributed by atoms with Gasteiger partial charge in [-0.25, -0.2) is 4.68 Å². The minimum absolute atomic E-state index is 0.215. The fourth-order valence-corrected chi connectivity index (χ4v) is 2.31. The Labute approximate surface area is 114 Å². The highest BCUT2D eigenvalue weighted by Gasteiger charge is 2.33. The number of likely N-dealkylation sites (N-methyl/N-ethyl adjacent to an activating group) is 1. The second-order valence-corrected chi connectivity index (χ2v) is 4.80. The van der Waals surface area contributed by atoms with Crippen LogP contribution in [0.15, 0.2) is 6.07 Å². The molecule has 106 valence electrons. The third kappa shape index (κ3) is 2.02. The number of aromatic nitrogens is 2. The van der Waals surface area contributed by atoms with Crippen molar-refractivity contribution in [1.82, 2.24) is 20.0 Å². The maximum Gasteiger partial charge on any atom is 0.272 e. The summed E-state index contributed by atoms with van der Waals surface area (Å²) in [6, 6.07) is 0.868. The number of piperidine rings is 1. The Kier molecular flexibility index (Phi) is 2.92. The highest BCUT2D eigenvalue weighted by Crippen LogP contribution is 2.19.